The zero-order valence-electron chi connectivity index (χ0n) is 18.7. The molecule has 0 radical (unpaired) electrons. The Morgan fingerprint density at radius 3 is 2.52 bits per heavy atom. The van der Waals surface area contributed by atoms with E-state index in [2.05, 4.69) is 24.9 Å². The number of hydrogen-bond acceptors (Lipinski definition) is 7. The fourth-order valence-corrected chi connectivity index (χ4v) is 4.58. The molecule has 162 valence electrons. The third-order valence-corrected chi connectivity index (χ3v) is 6.59. The standard InChI is InChI=1S/C24H27N3O3S/c1-12-7-18(23-19(8-12)26-17(10-25-23)11-29-6)24-27-22-14(3)13(2)20(9-21(22)31-24)30-16(5)15(4)28/h7-10,15-16,28H,11H2,1-6H3. The highest BCUT2D eigenvalue weighted by Crippen LogP contribution is 2.39. The first-order valence-corrected chi connectivity index (χ1v) is 11.1. The third kappa shape index (κ3) is 4.13. The van der Waals surface area contributed by atoms with Gasteiger partial charge in [-0.25, -0.2) is 9.97 Å². The van der Waals surface area contributed by atoms with Gasteiger partial charge in [-0.05, 0) is 69.5 Å². The SMILES string of the molecule is COCc1cnc2c(-c3nc4c(C)c(C)c(OC(C)C(C)O)cc4s3)cc(C)cc2n1. The summed E-state index contributed by atoms with van der Waals surface area (Å²) in [4.78, 5) is 14.4. The highest BCUT2D eigenvalue weighted by Gasteiger charge is 2.19. The van der Waals surface area contributed by atoms with Gasteiger partial charge in [0.1, 0.15) is 16.9 Å². The van der Waals surface area contributed by atoms with Gasteiger partial charge in [0.25, 0.3) is 0 Å². The molecule has 0 bridgehead atoms. The molecule has 0 aliphatic carbocycles. The van der Waals surface area contributed by atoms with Crippen LogP contribution in [0.25, 0.3) is 31.8 Å². The second kappa shape index (κ2) is 8.49. The van der Waals surface area contributed by atoms with Gasteiger partial charge >= 0.3 is 0 Å². The van der Waals surface area contributed by atoms with E-state index in [1.807, 2.05) is 26.0 Å². The first kappa shape index (κ1) is 21.6. The summed E-state index contributed by atoms with van der Waals surface area (Å²) in [6, 6.07) is 6.18. The Labute approximate surface area is 185 Å². The number of aliphatic hydroxyl groups is 1. The van der Waals surface area contributed by atoms with Crippen LogP contribution >= 0.6 is 11.3 Å². The summed E-state index contributed by atoms with van der Waals surface area (Å²) in [5, 5.41) is 10.7. The molecule has 0 saturated heterocycles. The Hall–Kier alpha value is -2.61. The fraction of sp³-hybridized carbons (Fsp3) is 0.375. The van der Waals surface area contributed by atoms with Crippen LogP contribution in [0.4, 0.5) is 0 Å². The molecule has 0 aliphatic heterocycles. The number of aliphatic hydroxyl groups excluding tert-OH is 1. The van der Waals surface area contributed by atoms with Gasteiger partial charge in [-0.15, -0.1) is 11.3 Å². The van der Waals surface area contributed by atoms with Crippen molar-refractivity contribution in [1.29, 1.82) is 0 Å². The predicted molar refractivity (Wildman–Crippen MR) is 125 cm³/mol. The van der Waals surface area contributed by atoms with Crippen LogP contribution in [0.2, 0.25) is 0 Å². The van der Waals surface area contributed by atoms with E-state index in [9.17, 15) is 5.11 Å². The van der Waals surface area contributed by atoms with Crippen LogP contribution in [0.1, 0.15) is 36.2 Å². The molecule has 2 atom stereocenters. The van der Waals surface area contributed by atoms with E-state index in [4.69, 9.17) is 19.4 Å². The monoisotopic (exact) mass is 437 g/mol. The molecule has 4 rings (SSSR count). The normalized spacial score (nSPS) is 13.6. The third-order valence-electron chi connectivity index (χ3n) is 5.56. The molecule has 1 N–H and O–H groups in total. The molecular weight excluding hydrogens is 410 g/mol. The number of aromatic nitrogens is 3. The number of ether oxygens (including phenoxy) is 2. The summed E-state index contributed by atoms with van der Waals surface area (Å²) in [5.74, 6) is 0.784. The van der Waals surface area contributed by atoms with Gasteiger partial charge in [0.2, 0.25) is 0 Å². The van der Waals surface area contributed by atoms with Crippen molar-refractivity contribution in [2.45, 2.75) is 53.4 Å². The molecule has 0 aliphatic rings. The maximum absolute atomic E-state index is 9.83. The van der Waals surface area contributed by atoms with Gasteiger partial charge in [0, 0.05) is 12.7 Å². The predicted octanol–water partition coefficient (Wildman–Crippen LogP) is 5.13. The lowest BCUT2D eigenvalue weighted by molar-refractivity contribution is 0.0601. The first-order valence-electron chi connectivity index (χ1n) is 10.3. The van der Waals surface area contributed by atoms with Crippen molar-refractivity contribution in [1.82, 2.24) is 15.0 Å². The minimum Gasteiger partial charge on any atom is -0.488 e. The lowest BCUT2D eigenvalue weighted by atomic mass is 10.1. The maximum atomic E-state index is 9.83. The molecule has 4 aromatic rings. The Kier molecular flexibility index (Phi) is 5.92. The molecule has 2 heterocycles. The van der Waals surface area contributed by atoms with Crippen molar-refractivity contribution in [3.63, 3.8) is 0 Å². The molecule has 2 aromatic carbocycles. The molecule has 0 saturated carbocycles. The number of fused-ring (bicyclic) bond motifs is 2. The summed E-state index contributed by atoms with van der Waals surface area (Å²) in [6.45, 7) is 10.2. The number of nitrogens with zero attached hydrogens (tertiary/aromatic N) is 3. The van der Waals surface area contributed by atoms with Gasteiger partial charge in [-0.1, -0.05) is 0 Å². The summed E-state index contributed by atoms with van der Waals surface area (Å²) in [7, 11) is 1.65. The average Bonchev–Trinajstić information content (AvgIpc) is 3.15. The highest BCUT2D eigenvalue weighted by molar-refractivity contribution is 7.21. The van der Waals surface area contributed by atoms with E-state index < -0.39 is 6.10 Å². The Morgan fingerprint density at radius 2 is 1.81 bits per heavy atom. The number of methoxy groups -OCH3 is 1. The Morgan fingerprint density at radius 1 is 1.03 bits per heavy atom. The number of benzene rings is 2. The van der Waals surface area contributed by atoms with E-state index in [1.165, 1.54) is 0 Å². The first-order chi connectivity index (χ1) is 14.8. The molecule has 7 heteroatoms. The molecule has 0 spiro atoms. The minimum absolute atomic E-state index is 0.291. The van der Waals surface area contributed by atoms with Gasteiger partial charge in [-0.2, -0.15) is 0 Å². The number of rotatable bonds is 6. The number of thiazole rings is 1. The van der Waals surface area contributed by atoms with Crippen molar-refractivity contribution < 1.29 is 14.6 Å². The molecule has 0 amide bonds. The molecular formula is C24H27N3O3S. The van der Waals surface area contributed by atoms with E-state index >= 15 is 0 Å². The summed E-state index contributed by atoms with van der Waals surface area (Å²) < 4.78 is 12.3. The second-order valence-electron chi connectivity index (χ2n) is 8.03. The van der Waals surface area contributed by atoms with Gasteiger partial charge in [0.05, 0.1) is 45.9 Å². The molecule has 2 unspecified atom stereocenters. The van der Waals surface area contributed by atoms with Crippen molar-refractivity contribution >= 4 is 32.6 Å². The van der Waals surface area contributed by atoms with Crippen LogP contribution in [-0.2, 0) is 11.3 Å². The molecule has 0 fully saturated rings. The van der Waals surface area contributed by atoms with Crippen molar-refractivity contribution in [2.24, 2.45) is 0 Å². The zero-order valence-corrected chi connectivity index (χ0v) is 19.5. The maximum Gasteiger partial charge on any atom is 0.126 e. The van der Waals surface area contributed by atoms with Crippen LogP contribution in [0, 0.1) is 20.8 Å². The lowest BCUT2D eigenvalue weighted by Gasteiger charge is -2.19. The van der Waals surface area contributed by atoms with Crippen molar-refractivity contribution in [3.8, 4) is 16.3 Å². The average molecular weight is 438 g/mol. The Balaban J connectivity index is 1.85. The van der Waals surface area contributed by atoms with E-state index in [1.54, 1.807) is 31.6 Å². The van der Waals surface area contributed by atoms with Crippen molar-refractivity contribution in [3.05, 3.63) is 46.8 Å². The van der Waals surface area contributed by atoms with Crippen LogP contribution in [0.5, 0.6) is 5.75 Å². The van der Waals surface area contributed by atoms with Crippen LogP contribution < -0.4 is 4.74 Å². The molecule has 31 heavy (non-hydrogen) atoms. The molecule has 2 aromatic heterocycles. The topological polar surface area (TPSA) is 77.4 Å². The van der Waals surface area contributed by atoms with Crippen LogP contribution in [-0.4, -0.2) is 39.4 Å². The van der Waals surface area contributed by atoms with E-state index in [-0.39, 0.29) is 6.10 Å². The van der Waals surface area contributed by atoms with Gasteiger partial charge < -0.3 is 14.6 Å². The summed E-state index contributed by atoms with van der Waals surface area (Å²) in [6.07, 6.45) is 0.921. The smallest absolute Gasteiger partial charge is 0.126 e. The van der Waals surface area contributed by atoms with Crippen molar-refractivity contribution in [2.75, 3.05) is 7.11 Å². The zero-order chi connectivity index (χ0) is 22.3. The number of hydrogen-bond donors (Lipinski definition) is 1. The lowest BCUT2D eigenvalue weighted by Crippen LogP contribution is -2.25. The van der Waals surface area contributed by atoms with Gasteiger partial charge in [-0.3, -0.25) is 4.98 Å². The highest BCUT2D eigenvalue weighted by atomic mass is 32.1. The summed E-state index contributed by atoms with van der Waals surface area (Å²) in [5.41, 5.74) is 7.64. The van der Waals surface area contributed by atoms with Gasteiger partial charge in [0.15, 0.2) is 0 Å². The van der Waals surface area contributed by atoms with Crippen LogP contribution in [0.3, 0.4) is 0 Å². The second-order valence-corrected chi connectivity index (χ2v) is 9.06. The van der Waals surface area contributed by atoms with E-state index in [0.29, 0.717) is 6.61 Å². The van der Waals surface area contributed by atoms with Crippen LogP contribution in [0.15, 0.2) is 24.4 Å². The molecule has 6 nitrogen and oxygen atoms in total. The minimum atomic E-state index is -0.548. The Bertz CT molecular complexity index is 1270. The number of aryl methyl sites for hydroxylation is 2. The quantitative estimate of drug-likeness (QED) is 0.451. The largest absolute Gasteiger partial charge is 0.488 e. The summed E-state index contributed by atoms with van der Waals surface area (Å²) >= 11 is 1.61. The fourth-order valence-electron chi connectivity index (χ4n) is 3.51. The van der Waals surface area contributed by atoms with E-state index in [0.717, 1.165) is 60.0 Å².